The molecule has 3 rings (SSSR count). The lowest BCUT2D eigenvalue weighted by molar-refractivity contribution is 0.121. The second kappa shape index (κ2) is 10.4. The number of anilines is 1. The number of amides is 1. The standard InChI is InChI=1S/C21H29FN8O2/c1-27(2)11-12-30-25-20(28(3)26-30)19-8-5-15(14-24-19)17-7-6-16(13-18(17)22)29(10-9-23)21(31)32-4/h5-8,13-14,26H,9-12,23H2,1-4H3. The molecule has 1 aromatic carbocycles. The lowest BCUT2D eigenvalue weighted by Gasteiger charge is -2.21. The van der Waals surface area contributed by atoms with Crippen molar-refractivity contribution in [2.24, 2.45) is 10.8 Å². The molecule has 1 aliphatic rings. The minimum Gasteiger partial charge on any atom is -0.452 e. The molecule has 0 fully saturated rings. The van der Waals surface area contributed by atoms with Gasteiger partial charge in [0.2, 0.25) is 0 Å². The first kappa shape index (κ1) is 23.4. The molecule has 1 aliphatic heterocycles. The number of nitrogens with two attached hydrogens (primary N) is 1. The van der Waals surface area contributed by atoms with Crippen molar-refractivity contribution in [1.29, 1.82) is 0 Å². The van der Waals surface area contributed by atoms with Crippen molar-refractivity contribution < 1.29 is 13.9 Å². The van der Waals surface area contributed by atoms with Gasteiger partial charge >= 0.3 is 6.09 Å². The highest BCUT2D eigenvalue weighted by Gasteiger charge is 2.22. The lowest BCUT2D eigenvalue weighted by Crippen LogP contribution is -2.42. The van der Waals surface area contributed by atoms with E-state index >= 15 is 0 Å². The van der Waals surface area contributed by atoms with Crippen LogP contribution in [0.1, 0.15) is 5.69 Å². The summed E-state index contributed by atoms with van der Waals surface area (Å²) in [5.74, 6) is 0.191. The summed E-state index contributed by atoms with van der Waals surface area (Å²) in [4.78, 5) is 19.8. The van der Waals surface area contributed by atoms with E-state index in [1.165, 1.54) is 18.1 Å². The summed E-state index contributed by atoms with van der Waals surface area (Å²) in [6, 6.07) is 8.14. The predicted octanol–water partition coefficient (Wildman–Crippen LogP) is 1.31. The Morgan fingerprint density at radius 2 is 2.03 bits per heavy atom. The Labute approximate surface area is 187 Å². The minimum atomic E-state index is -0.594. The van der Waals surface area contributed by atoms with Crippen molar-refractivity contribution in [3.8, 4) is 11.1 Å². The fourth-order valence-electron chi connectivity index (χ4n) is 3.20. The normalized spacial score (nSPS) is 13.5. The fraction of sp³-hybridized carbons (Fsp3) is 0.381. The number of amidine groups is 1. The first-order valence-electron chi connectivity index (χ1n) is 10.2. The van der Waals surface area contributed by atoms with Gasteiger partial charge in [0.05, 0.1) is 19.3 Å². The zero-order chi connectivity index (χ0) is 23.3. The SMILES string of the molecule is COC(=O)N(CCN)c1ccc(-c2ccc(C3=NN(CCN(C)C)NN3C)nc2)c(F)c1. The van der Waals surface area contributed by atoms with E-state index in [2.05, 4.69) is 20.5 Å². The van der Waals surface area contributed by atoms with E-state index in [-0.39, 0.29) is 13.1 Å². The number of ether oxygens (including phenoxy) is 1. The molecular weight excluding hydrogens is 415 g/mol. The van der Waals surface area contributed by atoms with E-state index in [4.69, 9.17) is 10.5 Å². The van der Waals surface area contributed by atoms with Gasteiger partial charge in [0, 0.05) is 44.0 Å². The molecular formula is C21H29FN8O2. The van der Waals surface area contributed by atoms with E-state index in [9.17, 15) is 9.18 Å². The molecule has 0 atom stereocenters. The van der Waals surface area contributed by atoms with Gasteiger partial charge in [-0.25, -0.2) is 14.3 Å². The van der Waals surface area contributed by atoms with E-state index in [0.29, 0.717) is 34.9 Å². The van der Waals surface area contributed by atoms with Crippen molar-refractivity contribution in [3.63, 3.8) is 0 Å². The summed E-state index contributed by atoms with van der Waals surface area (Å²) >= 11 is 0. The molecule has 0 radical (unpaired) electrons. The van der Waals surface area contributed by atoms with Crippen LogP contribution in [-0.2, 0) is 4.74 Å². The number of benzene rings is 1. The van der Waals surface area contributed by atoms with E-state index < -0.39 is 11.9 Å². The summed E-state index contributed by atoms with van der Waals surface area (Å²) in [6.45, 7) is 2.00. The third kappa shape index (κ3) is 5.31. The summed E-state index contributed by atoms with van der Waals surface area (Å²) in [5.41, 5.74) is 10.7. The first-order valence-corrected chi connectivity index (χ1v) is 10.2. The Bertz CT molecular complexity index is 967. The number of nitrogens with zero attached hydrogens (tertiary/aromatic N) is 6. The molecule has 1 amide bonds. The maximum Gasteiger partial charge on any atom is 0.414 e. The van der Waals surface area contributed by atoms with Crippen LogP contribution in [0.4, 0.5) is 14.9 Å². The molecule has 2 heterocycles. The third-order valence-electron chi connectivity index (χ3n) is 4.87. The zero-order valence-electron chi connectivity index (χ0n) is 18.7. The van der Waals surface area contributed by atoms with Crippen molar-refractivity contribution >= 4 is 17.6 Å². The van der Waals surface area contributed by atoms with Crippen LogP contribution >= 0.6 is 0 Å². The number of carbonyl (C=O) groups is 1. The number of pyridine rings is 1. The van der Waals surface area contributed by atoms with Gasteiger partial charge in [-0.15, -0.1) is 10.6 Å². The van der Waals surface area contributed by atoms with E-state index in [1.807, 2.05) is 21.1 Å². The average Bonchev–Trinajstić information content (AvgIpc) is 3.16. The molecule has 3 N–H and O–H groups in total. The van der Waals surface area contributed by atoms with Gasteiger partial charge in [0.15, 0.2) is 5.84 Å². The second-order valence-electron chi connectivity index (χ2n) is 7.52. The number of hydrogen-bond donors (Lipinski definition) is 2. The molecule has 1 aromatic heterocycles. The molecule has 0 saturated carbocycles. The average molecular weight is 445 g/mol. The van der Waals surface area contributed by atoms with Crippen LogP contribution in [0.15, 0.2) is 41.6 Å². The third-order valence-corrected chi connectivity index (χ3v) is 4.87. The Kier molecular flexibility index (Phi) is 7.57. The van der Waals surface area contributed by atoms with E-state index in [0.717, 1.165) is 6.54 Å². The Balaban J connectivity index is 1.79. The number of rotatable bonds is 8. The summed E-state index contributed by atoms with van der Waals surface area (Å²) in [7, 11) is 7.13. The van der Waals surface area contributed by atoms with Crippen molar-refractivity contribution in [2.75, 3.05) is 59.3 Å². The van der Waals surface area contributed by atoms with Crippen molar-refractivity contribution in [3.05, 3.63) is 48.0 Å². The van der Waals surface area contributed by atoms with Crippen molar-refractivity contribution in [1.82, 2.24) is 25.5 Å². The molecule has 0 spiro atoms. The number of aromatic nitrogens is 1. The number of likely N-dealkylation sites (N-methyl/N-ethyl adjacent to an activating group) is 1. The van der Waals surface area contributed by atoms with Gasteiger partial charge in [0.1, 0.15) is 11.5 Å². The molecule has 0 unspecified atom stereocenters. The topological polar surface area (TPSA) is 103 Å². The van der Waals surface area contributed by atoms with Gasteiger partial charge in [-0.2, -0.15) is 0 Å². The Morgan fingerprint density at radius 3 is 2.62 bits per heavy atom. The largest absolute Gasteiger partial charge is 0.452 e. The van der Waals surface area contributed by atoms with Gasteiger partial charge in [-0.3, -0.25) is 14.9 Å². The number of halogens is 1. The van der Waals surface area contributed by atoms with Gasteiger partial charge < -0.3 is 15.4 Å². The number of hydrazone groups is 1. The number of hydrogen-bond acceptors (Lipinski definition) is 9. The fourth-order valence-corrected chi connectivity index (χ4v) is 3.20. The monoisotopic (exact) mass is 444 g/mol. The number of hydrazine groups is 2. The maximum absolute atomic E-state index is 14.9. The highest BCUT2D eigenvalue weighted by atomic mass is 19.1. The van der Waals surface area contributed by atoms with Crippen LogP contribution < -0.4 is 16.2 Å². The predicted molar refractivity (Wildman–Crippen MR) is 121 cm³/mol. The van der Waals surface area contributed by atoms with Crippen LogP contribution in [0, 0.1) is 5.82 Å². The highest BCUT2D eigenvalue weighted by molar-refractivity contribution is 5.97. The minimum absolute atomic E-state index is 0.219. The van der Waals surface area contributed by atoms with Crippen LogP contribution in [0.2, 0.25) is 0 Å². The van der Waals surface area contributed by atoms with Gasteiger partial charge in [-0.05, 0) is 38.4 Å². The molecule has 0 bridgehead atoms. The van der Waals surface area contributed by atoms with Gasteiger partial charge in [0.25, 0.3) is 0 Å². The first-order chi connectivity index (χ1) is 15.3. The molecule has 10 nitrogen and oxygen atoms in total. The van der Waals surface area contributed by atoms with Crippen molar-refractivity contribution in [2.45, 2.75) is 0 Å². The molecule has 0 saturated heterocycles. The number of nitrogens with one attached hydrogen (secondary N) is 1. The second-order valence-corrected chi connectivity index (χ2v) is 7.52. The van der Waals surface area contributed by atoms with Gasteiger partial charge in [-0.1, -0.05) is 6.07 Å². The summed E-state index contributed by atoms with van der Waals surface area (Å²) in [6.07, 6.45) is 1.01. The van der Waals surface area contributed by atoms with Crippen LogP contribution in [0.25, 0.3) is 11.1 Å². The highest BCUT2D eigenvalue weighted by Crippen LogP contribution is 2.27. The Morgan fingerprint density at radius 1 is 1.25 bits per heavy atom. The molecule has 2 aromatic rings. The zero-order valence-corrected chi connectivity index (χ0v) is 18.7. The van der Waals surface area contributed by atoms with Crippen LogP contribution in [0.3, 0.4) is 0 Å². The molecule has 172 valence electrons. The summed E-state index contributed by atoms with van der Waals surface area (Å²) < 4.78 is 19.6. The lowest BCUT2D eigenvalue weighted by atomic mass is 10.1. The molecule has 0 aliphatic carbocycles. The molecule has 32 heavy (non-hydrogen) atoms. The van der Waals surface area contributed by atoms with Crippen LogP contribution in [0.5, 0.6) is 0 Å². The maximum atomic E-state index is 14.9. The smallest absolute Gasteiger partial charge is 0.414 e. The van der Waals surface area contributed by atoms with E-state index in [1.54, 1.807) is 40.6 Å². The summed E-state index contributed by atoms with van der Waals surface area (Å²) in [5, 5.41) is 8.08. The number of carbonyl (C=O) groups excluding carboxylic acids is 1. The number of methoxy groups -OCH3 is 1. The quantitative estimate of drug-likeness (QED) is 0.628. The van der Waals surface area contributed by atoms with Crippen LogP contribution in [-0.4, -0.2) is 86.4 Å². The molecule has 11 heteroatoms. The Hall–Kier alpha value is -3.28.